The number of carbonyl (C=O) groups is 2. The van der Waals surface area contributed by atoms with Crippen molar-refractivity contribution in [3.8, 4) is 0 Å². The van der Waals surface area contributed by atoms with Gasteiger partial charge in [0.25, 0.3) is 0 Å². The molecule has 1 aromatic carbocycles. The van der Waals surface area contributed by atoms with Crippen molar-refractivity contribution in [3.63, 3.8) is 0 Å². The first kappa shape index (κ1) is 15.3. The van der Waals surface area contributed by atoms with Gasteiger partial charge in [-0.05, 0) is 37.5 Å². The third-order valence-corrected chi connectivity index (χ3v) is 3.33. The highest BCUT2D eigenvalue weighted by molar-refractivity contribution is 5.92. The van der Waals surface area contributed by atoms with Crippen molar-refractivity contribution in [2.24, 2.45) is 5.73 Å². The van der Waals surface area contributed by atoms with Gasteiger partial charge in [0, 0.05) is 24.8 Å². The number of hydrogen-bond donors (Lipinski definition) is 3. The number of benzene rings is 1. The summed E-state index contributed by atoms with van der Waals surface area (Å²) in [6.45, 7) is 1.94. The Labute approximate surface area is 124 Å². The summed E-state index contributed by atoms with van der Waals surface area (Å²) < 4.78 is 0. The summed E-state index contributed by atoms with van der Waals surface area (Å²) in [7, 11) is 1.59. The van der Waals surface area contributed by atoms with Crippen LogP contribution in [0.2, 0.25) is 0 Å². The number of nitrogens with zero attached hydrogens (tertiary/aromatic N) is 1. The van der Waals surface area contributed by atoms with E-state index in [-0.39, 0.29) is 24.5 Å². The highest BCUT2D eigenvalue weighted by Gasteiger charge is 2.24. The van der Waals surface area contributed by atoms with E-state index in [1.54, 1.807) is 13.1 Å². The Kier molecular flexibility index (Phi) is 4.80. The first-order valence-corrected chi connectivity index (χ1v) is 7.12. The summed E-state index contributed by atoms with van der Waals surface area (Å²) in [6, 6.07) is 7.27. The molecule has 1 aliphatic carbocycles. The zero-order valence-electron chi connectivity index (χ0n) is 12.4. The molecule has 2 rings (SSSR count). The van der Waals surface area contributed by atoms with Crippen LogP contribution < -0.4 is 16.4 Å². The predicted octanol–water partition coefficient (Wildman–Crippen LogP) is 1.45. The van der Waals surface area contributed by atoms with E-state index >= 15 is 0 Å². The molecule has 0 heterocycles. The van der Waals surface area contributed by atoms with E-state index in [9.17, 15) is 9.59 Å². The van der Waals surface area contributed by atoms with Crippen LogP contribution in [0, 0.1) is 0 Å². The van der Waals surface area contributed by atoms with E-state index in [0.717, 1.165) is 18.4 Å². The third kappa shape index (κ3) is 4.75. The summed E-state index contributed by atoms with van der Waals surface area (Å²) in [5.74, 6) is -0.125. The van der Waals surface area contributed by atoms with E-state index < -0.39 is 0 Å². The molecule has 1 fully saturated rings. The van der Waals surface area contributed by atoms with Crippen molar-refractivity contribution in [2.75, 3.05) is 18.9 Å². The molecule has 0 radical (unpaired) electrons. The van der Waals surface area contributed by atoms with Crippen LogP contribution in [0.25, 0.3) is 0 Å². The fourth-order valence-electron chi connectivity index (χ4n) is 1.91. The van der Waals surface area contributed by atoms with Crippen molar-refractivity contribution in [2.45, 2.75) is 31.8 Å². The van der Waals surface area contributed by atoms with Gasteiger partial charge < -0.3 is 21.3 Å². The fourth-order valence-corrected chi connectivity index (χ4v) is 1.91. The molecule has 1 saturated carbocycles. The minimum absolute atomic E-state index is 0.0509. The van der Waals surface area contributed by atoms with E-state index in [1.165, 1.54) is 4.90 Å². The highest BCUT2D eigenvalue weighted by Crippen LogP contribution is 2.18. The lowest BCUT2D eigenvalue weighted by atomic mass is 10.1. The first-order chi connectivity index (χ1) is 9.95. The van der Waals surface area contributed by atoms with Crippen LogP contribution >= 0.6 is 0 Å². The largest absolute Gasteiger partial charge is 0.352 e. The number of urea groups is 1. The first-order valence-electron chi connectivity index (χ1n) is 7.12. The van der Waals surface area contributed by atoms with Gasteiger partial charge in [-0.15, -0.1) is 0 Å². The molecular weight excluding hydrogens is 268 g/mol. The zero-order chi connectivity index (χ0) is 15.4. The summed E-state index contributed by atoms with van der Waals surface area (Å²) in [6.07, 6.45) is 2.07. The molecule has 4 N–H and O–H groups in total. The predicted molar refractivity (Wildman–Crippen MR) is 81.9 cm³/mol. The van der Waals surface area contributed by atoms with Crippen molar-refractivity contribution in [1.82, 2.24) is 10.2 Å². The summed E-state index contributed by atoms with van der Waals surface area (Å²) in [5.41, 5.74) is 7.43. The SMILES string of the molecule is CC(N)c1cccc(NC(=O)N(C)CC(=O)NC2CC2)c1. The van der Waals surface area contributed by atoms with E-state index in [4.69, 9.17) is 5.73 Å². The quantitative estimate of drug-likeness (QED) is 0.767. The minimum atomic E-state index is -0.317. The molecule has 0 bridgehead atoms. The molecule has 21 heavy (non-hydrogen) atoms. The van der Waals surface area contributed by atoms with Gasteiger partial charge in [0.1, 0.15) is 6.54 Å². The van der Waals surface area contributed by atoms with Gasteiger partial charge in [-0.2, -0.15) is 0 Å². The number of hydrogen-bond acceptors (Lipinski definition) is 3. The highest BCUT2D eigenvalue weighted by atomic mass is 16.2. The topological polar surface area (TPSA) is 87.5 Å². The number of anilines is 1. The Balaban J connectivity index is 1.87. The lowest BCUT2D eigenvalue weighted by Crippen LogP contribution is -2.41. The summed E-state index contributed by atoms with van der Waals surface area (Å²) >= 11 is 0. The average Bonchev–Trinajstić information content (AvgIpc) is 3.22. The van der Waals surface area contributed by atoms with Crippen LogP contribution in [0.1, 0.15) is 31.4 Å². The molecule has 1 atom stereocenters. The molecule has 1 aromatic rings. The average molecular weight is 290 g/mol. The number of carbonyl (C=O) groups excluding carboxylic acids is 2. The van der Waals surface area contributed by atoms with Crippen molar-refractivity contribution in [3.05, 3.63) is 29.8 Å². The lowest BCUT2D eigenvalue weighted by Gasteiger charge is -2.18. The lowest BCUT2D eigenvalue weighted by molar-refractivity contribution is -0.121. The molecule has 1 aliphatic rings. The Morgan fingerprint density at radius 3 is 2.76 bits per heavy atom. The van der Waals surface area contributed by atoms with Crippen LogP contribution in [-0.4, -0.2) is 36.5 Å². The van der Waals surface area contributed by atoms with Gasteiger partial charge in [-0.25, -0.2) is 4.79 Å². The molecule has 6 heteroatoms. The molecule has 1 unspecified atom stereocenters. The van der Waals surface area contributed by atoms with Gasteiger partial charge in [-0.1, -0.05) is 12.1 Å². The third-order valence-electron chi connectivity index (χ3n) is 3.33. The van der Waals surface area contributed by atoms with Crippen LogP contribution in [0.4, 0.5) is 10.5 Å². The second kappa shape index (κ2) is 6.58. The van der Waals surface area contributed by atoms with Crippen LogP contribution in [0.3, 0.4) is 0 Å². The molecular formula is C15H22N4O2. The molecule has 3 amide bonds. The second-order valence-corrected chi connectivity index (χ2v) is 5.54. The summed E-state index contributed by atoms with van der Waals surface area (Å²) in [4.78, 5) is 25.0. The second-order valence-electron chi connectivity index (χ2n) is 5.54. The Morgan fingerprint density at radius 1 is 1.43 bits per heavy atom. The Bertz CT molecular complexity index is 526. The minimum Gasteiger partial charge on any atom is -0.352 e. The molecule has 0 saturated heterocycles. The normalized spacial score (nSPS) is 15.2. The monoisotopic (exact) mass is 290 g/mol. The summed E-state index contributed by atoms with van der Waals surface area (Å²) in [5, 5.41) is 5.61. The molecule has 0 aliphatic heterocycles. The van der Waals surface area contributed by atoms with Crippen LogP contribution in [-0.2, 0) is 4.79 Å². The molecule has 6 nitrogen and oxygen atoms in total. The molecule has 114 valence electrons. The molecule has 0 spiro atoms. The number of amides is 3. The number of nitrogens with one attached hydrogen (secondary N) is 2. The van der Waals surface area contributed by atoms with Gasteiger partial charge in [0.15, 0.2) is 0 Å². The number of likely N-dealkylation sites (N-methyl/N-ethyl adjacent to an activating group) is 1. The number of nitrogens with two attached hydrogens (primary N) is 1. The van der Waals surface area contributed by atoms with Crippen LogP contribution in [0.15, 0.2) is 24.3 Å². The van der Waals surface area contributed by atoms with E-state index in [0.29, 0.717) is 11.7 Å². The van der Waals surface area contributed by atoms with Gasteiger partial charge in [-0.3, -0.25) is 4.79 Å². The Morgan fingerprint density at radius 2 is 2.14 bits per heavy atom. The maximum atomic E-state index is 12.0. The fraction of sp³-hybridized carbons (Fsp3) is 0.467. The molecule has 0 aromatic heterocycles. The van der Waals surface area contributed by atoms with Crippen molar-refractivity contribution >= 4 is 17.6 Å². The van der Waals surface area contributed by atoms with Gasteiger partial charge in [0.2, 0.25) is 5.91 Å². The van der Waals surface area contributed by atoms with Crippen LogP contribution in [0.5, 0.6) is 0 Å². The van der Waals surface area contributed by atoms with Crippen molar-refractivity contribution < 1.29 is 9.59 Å². The van der Waals surface area contributed by atoms with Gasteiger partial charge in [0.05, 0.1) is 0 Å². The zero-order valence-corrected chi connectivity index (χ0v) is 12.4. The Hall–Kier alpha value is -2.08. The van der Waals surface area contributed by atoms with E-state index in [1.807, 2.05) is 25.1 Å². The standard InChI is InChI=1S/C15H22N4O2/c1-10(16)11-4-3-5-13(8-11)18-15(21)19(2)9-14(20)17-12-6-7-12/h3-5,8,10,12H,6-7,9,16H2,1-2H3,(H,17,20)(H,18,21). The maximum absolute atomic E-state index is 12.0. The number of rotatable bonds is 5. The van der Waals surface area contributed by atoms with Gasteiger partial charge >= 0.3 is 6.03 Å². The van der Waals surface area contributed by atoms with Crippen molar-refractivity contribution in [1.29, 1.82) is 0 Å². The maximum Gasteiger partial charge on any atom is 0.322 e. The van der Waals surface area contributed by atoms with E-state index in [2.05, 4.69) is 10.6 Å². The smallest absolute Gasteiger partial charge is 0.322 e.